The largest absolute Gasteiger partial charge is 0.497 e. The number of benzene rings is 1. The first kappa shape index (κ1) is 22.9. The molecular formula is C25H25N3O4S2. The fourth-order valence-corrected chi connectivity index (χ4v) is 6.32. The van der Waals surface area contributed by atoms with Crippen molar-refractivity contribution in [2.24, 2.45) is 5.92 Å². The molecule has 7 nitrogen and oxygen atoms in total. The van der Waals surface area contributed by atoms with E-state index in [-0.39, 0.29) is 42.2 Å². The summed E-state index contributed by atoms with van der Waals surface area (Å²) in [5.41, 5.74) is 1.93. The summed E-state index contributed by atoms with van der Waals surface area (Å²) in [6.45, 7) is 2.17. The summed E-state index contributed by atoms with van der Waals surface area (Å²) >= 11 is 6.69. The Balaban J connectivity index is 1.22. The van der Waals surface area contributed by atoms with Crippen LogP contribution in [0.1, 0.15) is 30.0 Å². The summed E-state index contributed by atoms with van der Waals surface area (Å²) in [7, 11) is 1.61. The highest BCUT2D eigenvalue weighted by Crippen LogP contribution is 2.36. The van der Waals surface area contributed by atoms with Gasteiger partial charge in [0.15, 0.2) is 0 Å². The van der Waals surface area contributed by atoms with Crippen LogP contribution in [0.15, 0.2) is 52.2 Å². The van der Waals surface area contributed by atoms with Gasteiger partial charge in [-0.05, 0) is 42.2 Å². The van der Waals surface area contributed by atoms with E-state index in [1.165, 1.54) is 16.7 Å². The van der Waals surface area contributed by atoms with Crippen molar-refractivity contribution in [3.63, 3.8) is 0 Å². The maximum atomic E-state index is 13.1. The number of aromatic nitrogens is 1. The normalized spacial score (nSPS) is 22.8. The molecule has 0 saturated carbocycles. The smallest absolute Gasteiger partial charge is 0.266 e. The van der Waals surface area contributed by atoms with E-state index < -0.39 is 0 Å². The molecule has 2 saturated heterocycles. The third-order valence-corrected chi connectivity index (χ3v) is 8.05. The molecule has 34 heavy (non-hydrogen) atoms. The van der Waals surface area contributed by atoms with Crippen LogP contribution in [0, 0.1) is 5.92 Å². The Kier molecular flexibility index (Phi) is 6.31. The molecule has 1 aromatic heterocycles. The molecule has 176 valence electrons. The molecule has 5 rings (SSSR count). The average molecular weight is 496 g/mol. The lowest BCUT2D eigenvalue weighted by molar-refractivity contribution is -0.134. The number of thiocarbonyl (C=S) groups is 1. The zero-order valence-electron chi connectivity index (χ0n) is 18.8. The first-order chi connectivity index (χ1) is 16.4. The van der Waals surface area contributed by atoms with Gasteiger partial charge in [-0.3, -0.25) is 19.3 Å². The van der Waals surface area contributed by atoms with Crippen LogP contribution >= 0.6 is 24.0 Å². The quantitative estimate of drug-likeness (QED) is 0.469. The van der Waals surface area contributed by atoms with Crippen molar-refractivity contribution in [3.05, 3.63) is 69.0 Å². The fourth-order valence-electron chi connectivity index (χ4n) is 5.01. The number of piperidine rings is 1. The molecule has 2 amide bonds. The molecule has 0 radical (unpaired) electrons. The minimum Gasteiger partial charge on any atom is -0.497 e. The number of pyridine rings is 1. The van der Waals surface area contributed by atoms with Crippen molar-refractivity contribution in [3.8, 4) is 5.75 Å². The summed E-state index contributed by atoms with van der Waals surface area (Å²) in [4.78, 5) is 42.2. The van der Waals surface area contributed by atoms with Gasteiger partial charge in [-0.15, -0.1) is 0 Å². The Labute approximate surface area is 207 Å². The molecule has 0 aliphatic carbocycles. The number of rotatable bonds is 5. The lowest BCUT2D eigenvalue weighted by Gasteiger charge is -2.42. The van der Waals surface area contributed by atoms with Crippen LogP contribution in [0.4, 0.5) is 0 Å². The van der Waals surface area contributed by atoms with Gasteiger partial charge in [0.05, 0.1) is 12.0 Å². The number of thioether (sulfide) groups is 1. The van der Waals surface area contributed by atoms with Gasteiger partial charge in [-0.25, -0.2) is 0 Å². The van der Waals surface area contributed by atoms with E-state index in [0.29, 0.717) is 28.9 Å². The van der Waals surface area contributed by atoms with Crippen LogP contribution < -0.4 is 10.3 Å². The number of carbonyl (C=O) groups excluding carboxylic acids is 2. The molecule has 1 aromatic carbocycles. The zero-order chi connectivity index (χ0) is 23.8. The zero-order valence-corrected chi connectivity index (χ0v) is 20.4. The van der Waals surface area contributed by atoms with E-state index in [9.17, 15) is 14.4 Å². The van der Waals surface area contributed by atoms with Crippen molar-refractivity contribution in [1.29, 1.82) is 0 Å². The molecule has 0 spiro atoms. The second-order valence-electron chi connectivity index (χ2n) is 8.85. The van der Waals surface area contributed by atoms with Gasteiger partial charge in [-0.1, -0.05) is 42.2 Å². The van der Waals surface area contributed by atoms with Crippen molar-refractivity contribution >= 4 is 46.2 Å². The molecule has 9 heteroatoms. The Bertz CT molecular complexity index is 1240. The van der Waals surface area contributed by atoms with Gasteiger partial charge in [0.2, 0.25) is 5.91 Å². The topological polar surface area (TPSA) is 71.8 Å². The molecular weight excluding hydrogens is 470 g/mol. The number of nitrogens with zero attached hydrogens (tertiary/aromatic N) is 3. The molecule has 3 aliphatic heterocycles. The summed E-state index contributed by atoms with van der Waals surface area (Å²) < 4.78 is 7.50. The number of methoxy groups -OCH3 is 1. The van der Waals surface area contributed by atoms with E-state index >= 15 is 0 Å². The number of carbonyl (C=O) groups is 2. The Morgan fingerprint density at radius 1 is 1.15 bits per heavy atom. The molecule has 3 aliphatic rings. The van der Waals surface area contributed by atoms with Crippen LogP contribution in [0.2, 0.25) is 0 Å². The van der Waals surface area contributed by atoms with Crippen LogP contribution in [0.3, 0.4) is 0 Å². The molecule has 2 fully saturated rings. The van der Waals surface area contributed by atoms with Gasteiger partial charge in [0, 0.05) is 50.3 Å². The van der Waals surface area contributed by atoms with Crippen LogP contribution in [-0.4, -0.2) is 57.2 Å². The monoisotopic (exact) mass is 495 g/mol. The Morgan fingerprint density at radius 2 is 1.94 bits per heavy atom. The average Bonchev–Trinajstić information content (AvgIpc) is 3.10. The summed E-state index contributed by atoms with van der Waals surface area (Å²) in [5.74, 6) is 1.06. The SMILES string of the molecule is COc1ccc(/C=C2/SC(=S)N(CCC(=O)N3CC4C[C@H](C3)Cn3c4cccc3=O)C2=O)cc1. The first-order valence-electron chi connectivity index (χ1n) is 11.3. The third kappa shape index (κ3) is 4.42. The predicted molar refractivity (Wildman–Crippen MR) is 136 cm³/mol. The minimum atomic E-state index is -0.164. The minimum absolute atomic E-state index is 0.0228. The first-order valence-corrected chi connectivity index (χ1v) is 12.5. The highest BCUT2D eigenvalue weighted by Gasteiger charge is 2.37. The van der Waals surface area contributed by atoms with Crippen molar-refractivity contribution in [2.75, 3.05) is 26.7 Å². The molecule has 2 bridgehead atoms. The van der Waals surface area contributed by atoms with Crippen LogP contribution in [-0.2, 0) is 16.1 Å². The van der Waals surface area contributed by atoms with Gasteiger partial charge >= 0.3 is 0 Å². The number of hydrogen-bond donors (Lipinski definition) is 0. The lowest BCUT2D eigenvalue weighted by Crippen LogP contribution is -2.49. The molecule has 1 unspecified atom stereocenters. The van der Waals surface area contributed by atoms with Gasteiger partial charge < -0.3 is 14.2 Å². The molecule has 2 atom stereocenters. The van der Waals surface area contributed by atoms with Gasteiger partial charge in [0.1, 0.15) is 10.1 Å². The highest BCUT2D eigenvalue weighted by atomic mass is 32.2. The van der Waals surface area contributed by atoms with E-state index in [1.807, 2.05) is 45.9 Å². The Morgan fingerprint density at radius 3 is 2.71 bits per heavy atom. The van der Waals surface area contributed by atoms with E-state index in [1.54, 1.807) is 19.2 Å². The molecule has 2 aromatic rings. The van der Waals surface area contributed by atoms with Gasteiger partial charge in [-0.2, -0.15) is 0 Å². The number of hydrogen-bond acceptors (Lipinski definition) is 6. The predicted octanol–water partition coefficient (Wildman–Crippen LogP) is 3.09. The van der Waals surface area contributed by atoms with Crippen molar-refractivity contribution < 1.29 is 14.3 Å². The molecule has 4 heterocycles. The highest BCUT2D eigenvalue weighted by molar-refractivity contribution is 8.26. The van der Waals surface area contributed by atoms with Gasteiger partial charge in [0.25, 0.3) is 11.5 Å². The number of amides is 2. The second-order valence-corrected chi connectivity index (χ2v) is 10.5. The maximum Gasteiger partial charge on any atom is 0.266 e. The van der Waals surface area contributed by atoms with Crippen LogP contribution in [0.25, 0.3) is 6.08 Å². The summed E-state index contributed by atoms with van der Waals surface area (Å²) in [6, 6.07) is 12.8. The summed E-state index contributed by atoms with van der Waals surface area (Å²) in [6.07, 6.45) is 3.03. The Hall–Kier alpha value is -2.91. The maximum absolute atomic E-state index is 13.1. The van der Waals surface area contributed by atoms with E-state index in [2.05, 4.69) is 0 Å². The second kappa shape index (κ2) is 9.38. The number of fused-ring (bicyclic) bond motifs is 4. The standard InChI is InChI=1S/C25H25N3O4S2/c1-32-19-7-5-16(6-8-19)12-21-24(31)27(25(33)34-21)10-9-22(29)26-13-17-11-18(15-26)20-3-2-4-23(30)28(20)14-17/h2-8,12,17-18H,9-11,13-15H2,1H3/b21-12+/t17-,18?/m1/s1. The van der Waals surface area contributed by atoms with Crippen LogP contribution in [0.5, 0.6) is 5.75 Å². The number of likely N-dealkylation sites (tertiary alicyclic amines) is 1. The lowest BCUT2D eigenvalue weighted by atomic mass is 9.83. The fraction of sp³-hybridized carbons (Fsp3) is 0.360. The van der Waals surface area contributed by atoms with Crippen molar-refractivity contribution in [1.82, 2.24) is 14.4 Å². The van der Waals surface area contributed by atoms with Crippen molar-refractivity contribution in [2.45, 2.75) is 25.3 Å². The number of ether oxygens (including phenoxy) is 1. The van der Waals surface area contributed by atoms with E-state index in [0.717, 1.165) is 23.4 Å². The van der Waals surface area contributed by atoms with E-state index in [4.69, 9.17) is 17.0 Å². The molecule has 0 N–H and O–H groups in total. The third-order valence-electron chi connectivity index (χ3n) is 6.67. The summed E-state index contributed by atoms with van der Waals surface area (Å²) in [5, 5.41) is 0.